The molecule has 4 nitrogen and oxygen atoms in total. The molecule has 2 heterocycles. The summed E-state index contributed by atoms with van der Waals surface area (Å²) >= 11 is 7.95. The second-order valence-corrected chi connectivity index (χ2v) is 5.55. The molecule has 0 spiro atoms. The average Bonchev–Trinajstić information content (AvgIpc) is 2.28. The molecule has 1 aromatic rings. The van der Waals surface area contributed by atoms with Crippen LogP contribution in [0, 0.1) is 0 Å². The van der Waals surface area contributed by atoms with Crippen LogP contribution in [0.3, 0.4) is 0 Å². The van der Waals surface area contributed by atoms with Crippen molar-refractivity contribution in [3.05, 3.63) is 11.5 Å². The van der Waals surface area contributed by atoms with Gasteiger partial charge < -0.3 is 9.64 Å². The molecule has 0 N–H and O–H groups in total. The maximum absolute atomic E-state index is 5.98. The van der Waals surface area contributed by atoms with Crippen molar-refractivity contribution in [1.29, 1.82) is 0 Å². The fraction of sp³-hybridized carbons (Fsp3) is 0.600. The monoisotopic (exact) mass is 259 g/mol. The Hall–Kier alpha value is -0.680. The first-order valence-corrected chi connectivity index (χ1v) is 6.56. The van der Waals surface area contributed by atoms with Gasteiger partial charge in [0.05, 0.1) is 7.11 Å². The summed E-state index contributed by atoms with van der Waals surface area (Å²) in [6, 6.07) is 0. The Kier molecular flexibility index (Phi) is 3.76. The van der Waals surface area contributed by atoms with Crippen LogP contribution in [0.25, 0.3) is 0 Å². The van der Waals surface area contributed by atoms with Crippen molar-refractivity contribution < 1.29 is 4.74 Å². The Balaban J connectivity index is 2.28. The van der Waals surface area contributed by atoms with Crippen molar-refractivity contribution in [2.24, 2.45) is 0 Å². The average molecular weight is 260 g/mol. The molecule has 1 aromatic heterocycles. The van der Waals surface area contributed by atoms with Gasteiger partial charge in [0.25, 0.3) is 0 Å². The van der Waals surface area contributed by atoms with Crippen LogP contribution in [-0.4, -0.2) is 41.2 Å². The van der Waals surface area contributed by atoms with E-state index in [2.05, 4.69) is 21.8 Å². The van der Waals surface area contributed by atoms with E-state index >= 15 is 0 Å². The summed E-state index contributed by atoms with van der Waals surface area (Å²) in [5, 5.41) is 0.977. The lowest BCUT2D eigenvalue weighted by Gasteiger charge is -2.32. The van der Waals surface area contributed by atoms with Crippen LogP contribution < -0.4 is 9.64 Å². The van der Waals surface area contributed by atoms with Crippen molar-refractivity contribution >= 4 is 29.2 Å². The van der Waals surface area contributed by atoms with Crippen LogP contribution in [0.2, 0.25) is 5.15 Å². The molecule has 2 rings (SSSR count). The molecule has 1 saturated heterocycles. The summed E-state index contributed by atoms with van der Waals surface area (Å²) in [7, 11) is 1.59. The molecule has 0 bridgehead atoms. The van der Waals surface area contributed by atoms with Crippen LogP contribution in [0.15, 0.2) is 6.33 Å². The van der Waals surface area contributed by atoms with Gasteiger partial charge in [-0.25, -0.2) is 9.97 Å². The second kappa shape index (κ2) is 5.10. The molecule has 6 heteroatoms. The van der Waals surface area contributed by atoms with Gasteiger partial charge in [-0.05, 0) is 0 Å². The largest absolute Gasteiger partial charge is 0.490 e. The first-order valence-electron chi connectivity index (χ1n) is 5.13. The number of hydrogen-bond acceptors (Lipinski definition) is 5. The third-order valence-corrected chi connectivity index (χ3v) is 3.89. The van der Waals surface area contributed by atoms with E-state index in [9.17, 15) is 0 Å². The summed E-state index contributed by atoms with van der Waals surface area (Å²) in [5.74, 6) is 2.48. The Bertz CT molecular complexity index is 377. The van der Waals surface area contributed by atoms with Crippen LogP contribution in [0.4, 0.5) is 5.82 Å². The van der Waals surface area contributed by atoms with E-state index in [1.54, 1.807) is 7.11 Å². The summed E-state index contributed by atoms with van der Waals surface area (Å²) in [5.41, 5.74) is 0. The van der Waals surface area contributed by atoms with Crippen LogP contribution in [0.5, 0.6) is 5.75 Å². The van der Waals surface area contributed by atoms with Crippen molar-refractivity contribution in [3.8, 4) is 5.75 Å². The van der Waals surface area contributed by atoms with Gasteiger partial charge in [-0.1, -0.05) is 18.5 Å². The van der Waals surface area contributed by atoms with E-state index in [0.717, 1.165) is 24.7 Å². The topological polar surface area (TPSA) is 38.3 Å². The lowest BCUT2D eigenvalue weighted by molar-refractivity contribution is 0.410. The van der Waals surface area contributed by atoms with Crippen LogP contribution in [-0.2, 0) is 0 Å². The van der Waals surface area contributed by atoms with Gasteiger partial charge in [-0.3, -0.25) is 0 Å². The predicted octanol–water partition coefficient (Wildman–Crippen LogP) is 2.08. The molecule has 0 aliphatic carbocycles. The first-order chi connectivity index (χ1) is 7.72. The number of hydrogen-bond donors (Lipinski definition) is 0. The molecule has 0 radical (unpaired) electrons. The highest BCUT2D eigenvalue weighted by molar-refractivity contribution is 8.00. The van der Waals surface area contributed by atoms with E-state index in [1.165, 1.54) is 6.33 Å². The molecule has 1 atom stereocenters. The highest BCUT2D eigenvalue weighted by atomic mass is 35.5. The Morgan fingerprint density at radius 3 is 3.06 bits per heavy atom. The van der Waals surface area contributed by atoms with E-state index in [0.29, 0.717) is 16.2 Å². The zero-order chi connectivity index (χ0) is 11.5. The number of thioether (sulfide) groups is 1. The van der Waals surface area contributed by atoms with Gasteiger partial charge in [0, 0.05) is 24.1 Å². The van der Waals surface area contributed by atoms with Crippen molar-refractivity contribution in [2.45, 2.75) is 12.2 Å². The zero-order valence-electron chi connectivity index (χ0n) is 9.31. The number of anilines is 1. The third kappa shape index (κ3) is 2.35. The van der Waals surface area contributed by atoms with E-state index in [1.807, 2.05) is 11.8 Å². The number of rotatable bonds is 2. The Morgan fingerprint density at radius 2 is 2.38 bits per heavy atom. The van der Waals surface area contributed by atoms with Gasteiger partial charge in [0.2, 0.25) is 0 Å². The van der Waals surface area contributed by atoms with Gasteiger partial charge >= 0.3 is 0 Å². The molecule has 0 saturated carbocycles. The molecule has 1 aliphatic heterocycles. The number of methoxy groups -OCH3 is 1. The zero-order valence-corrected chi connectivity index (χ0v) is 10.9. The maximum Gasteiger partial charge on any atom is 0.199 e. The highest BCUT2D eigenvalue weighted by Crippen LogP contribution is 2.33. The standard InChI is InChI=1S/C10H14ClN3OS/c1-7-5-14(3-4-16-7)10-8(15-2)9(11)12-6-13-10/h6-7H,3-5H2,1-2H3. The smallest absolute Gasteiger partial charge is 0.199 e. The van der Waals surface area contributed by atoms with Crippen LogP contribution >= 0.6 is 23.4 Å². The lowest BCUT2D eigenvalue weighted by atomic mass is 10.3. The minimum Gasteiger partial charge on any atom is -0.490 e. The predicted molar refractivity (Wildman–Crippen MR) is 67.7 cm³/mol. The van der Waals surface area contributed by atoms with E-state index in [-0.39, 0.29) is 0 Å². The third-order valence-electron chi connectivity index (χ3n) is 2.49. The summed E-state index contributed by atoms with van der Waals surface area (Å²) in [6.45, 7) is 4.15. The highest BCUT2D eigenvalue weighted by Gasteiger charge is 2.22. The number of aromatic nitrogens is 2. The molecular weight excluding hydrogens is 246 g/mol. The molecule has 1 fully saturated rings. The summed E-state index contributed by atoms with van der Waals surface area (Å²) in [6.07, 6.45) is 1.48. The quantitative estimate of drug-likeness (QED) is 0.761. The molecular formula is C10H14ClN3OS. The normalized spacial score (nSPS) is 20.9. The molecule has 1 aliphatic rings. The number of halogens is 1. The van der Waals surface area contributed by atoms with Gasteiger partial charge in [-0.15, -0.1) is 0 Å². The number of nitrogens with zero attached hydrogens (tertiary/aromatic N) is 3. The summed E-state index contributed by atoms with van der Waals surface area (Å²) < 4.78 is 5.26. The summed E-state index contributed by atoms with van der Waals surface area (Å²) in [4.78, 5) is 10.4. The second-order valence-electron chi connectivity index (χ2n) is 3.65. The van der Waals surface area contributed by atoms with Gasteiger partial charge in [0.15, 0.2) is 16.7 Å². The van der Waals surface area contributed by atoms with Gasteiger partial charge in [0.1, 0.15) is 6.33 Å². The minimum atomic E-state index is 0.373. The Morgan fingerprint density at radius 1 is 1.56 bits per heavy atom. The van der Waals surface area contributed by atoms with Crippen molar-refractivity contribution in [3.63, 3.8) is 0 Å². The number of ether oxygens (including phenoxy) is 1. The fourth-order valence-electron chi connectivity index (χ4n) is 1.76. The molecule has 0 amide bonds. The van der Waals surface area contributed by atoms with Crippen LogP contribution in [0.1, 0.15) is 6.92 Å². The molecule has 1 unspecified atom stereocenters. The molecule has 16 heavy (non-hydrogen) atoms. The lowest BCUT2D eigenvalue weighted by Crippen LogP contribution is -2.37. The van der Waals surface area contributed by atoms with Gasteiger partial charge in [-0.2, -0.15) is 11.8 Å². The SMILES string of the molecule is COc1c(Cl)ncnc1N1CCSC(C)C1. The van der Waals surface area contributed by atoms with E-state index in [4.69, 9.17) is 16.3 Å². The maximum atomic E-state index is 5.98. The fourth-order valence-corrected chi connectivity index (χ4v) is 2.97. The first kappa shape index (κ1) is 11.8. The minimum absolute atomic E-state index is 0.373. The van der Waals surface area contributed by atoms with Crippen molar-refractivity contribution in [1.82, 2.24) is 9.97 Å². The molecule has 0 aromatic carbocycles. The van der Waals surface area contributed by atoms with E-state index < -0.39 is 0 Å². The Labute approximate surface area is 104 Å². The van der Waals surface area contributed by atoms with Crippen molar-refractivity contribution in [2.75, 3.05) is 30.9 Å². The molecule has 88 valence electrons.